The van der Waals surface area contributed by atoms with Crippen LogP contribution in [0, 0.1) is 0 Å². The summed E-state index contributed by atoms with van der Waals surface area (Å²) >= 11 is 0. The normalized spacial score (nSPS) is 20.3. The Morgan fingerprint density at radius 2 is 2.00 bits per heavy atom. The molecule has 0 radical (unpaired) electrons. The molecule has 1 fully saturated rings. The van der Waals surface area contributed by atoms with Crippen molar-refractivity contribution in [2.75, 3.05) is 6.54 Å². The lowest BCUT2D eigenvalue weighted by Crippen LogP contribution is -2.54. The molecular weight excluding hydrogens is 292 g/mol. The van der Waals surface area contributed by atoms with Gasteiger partial charge in [-0.25, -0.2) is 4.79 Å². The third-order valence-corrected chi connectivity index (χ3v) is 3.53. The first-order chi connectivity index (χ1) is 10.2. The summed E-state index contributed by atoms with van der Waals surface area (Å²) in [5, 5.41) is 11.6. The fourth-order valence-electron chi connectivity index (χ4n) is 2.33. The van der Waals surface area contributed by atoms with E-state index in [9.17, 15) is 19.2 Å². The summed E-state index contributed by atoms with van der Waals surface area (Å²) in [6.07, 6.45) is 0.855. The van der Waals surface area contributed by atoms with E-state index in [0.29, 0.717) is 19.4 Å². The van der Waals surface area contributed by atoms with Crippen LogP contribution >= 0.6 is 0 Å². The molecule has 0 aliphatic carbocycles. The van der Waals surface area contributed by atoms with Crippen LogP contribution in [-0.2, 0) is 19.2 Å². The van der Waals surface area contributed by atoms with Crippen LogP contribution in [0.15, 0.2) is 0 Å². The number of aliphatic carboxylic acids is 1. The van der Waals surface area contributed by atoms with Crippen molar-refractivity contribution in [2.45, 2.75) is 50.7 Å². The van der Waals surface area contributed by atoms with Gasteiger partial charge in [0.05, 0.1) is 6.04 Å². The van der Waals surface area contributed by atoms with Crippen LogP contribution in [0.2, 0.25) is 0 Å². The van der Waals surface area contributed by atoms with Crippen molar-refractivity contribution in [1.29, 1.82) is 0 Å². The van der Waals surface area contributed by atoms with E-state index in [1.165, 1.54) is 11.8 Å². The minimum atomic E-state index is -1.09. The highest BCUT2D eigenvalue weighted by Gasteiger charge is 2.37. The Bertz CT molecular complexity index is 465. The van der Waals surface area contributed by atoms with Gasteiger partial charge in [0.2, 0.25) is 17.7 Å². The average Bonchev–Trinajstić information content (AvgIpc) is 2.91. The van der Waals surface area contributed by atoms with Crippen molar-refractivity contribution in [3.63, 3.8) is 0 Å². The predicted octanol–water partition coefficient (Wildman–Crippen LogP) is -1.84. The number of nitrogens with one attached hydrogen (secondary N) is 1. The molecule has 3 amide bonds. The van der Waals surface area contributed by atoms with Crippen molar-refractivity contribution in [3.8, 4) is 0 Å². The van der Waals surface area contributed by atoms with Crippen molar-refractivity contribution in [3.05, 3.63) is 0 Å². The third kappa shape index (κ3) is 4.69. The monoisotopic (exact) mass is 314 g/mol. The summed E-state index contributed by atoms with van der Waals surface area (Å²) < 4.78 is 0. The van der Waals surface area contributed by atoms with Gasteiger partial charge in [-0.3, -0.25) is 14.4 Å². The molecule has 3 unspecified atom stereocenters. The summed E-state index contributed by atoms with van der Waals surface area (Å²) in [7, 11) is 0. The first kappa shape index (κ1) is 17.9. The van der Waals surface area contributed by atoms with E-state index in [1.807, 2.05) is 0 Å². The smallest absolute Gasteiger partial charge is 0.326 e. The molecule has 22 heavy (non-hydrogen) atoms. The maximum Gasteiger partial charge on any atom is 0.326 e. The first-order valence-electron chi connectivity index (χ1n) is 7.11. The van der Waals surface area contributed by atoms with Gasteiger partial charge in [-0.1, -0.05) is 0 Å². The zero-order chi connectivity index (χ0) is 16.9. The molecule has 0 aromatic rings. The molecule has 6 N–H and O–H groups in total. The van der Waals surface area contributed by atoms with E-state index in [1.54, 1.807) is 0 Å². The van der Waals surface area contributed by atoms with E-state index in [2.05, 4.69) is 5.32 Å². The van der Waals surface area contributed by atoms with Crippen molar-refractivity contribution in [1.82, 2.24) is 10.2 Å². The lowest BCUT2D eigenvalue weighted by atomic mass is 10.1. The van der Waals surface area contributed by atoms with E-state index in [-0.39, 0.29) is 12.8 Å². The molecule has 3 atom stereocenters. The Morgan fingerprint density at radius 3 is 2.50 bits per heavy atom. The maximum absolute atomic E-state index is 12.5. The molecule has 0 saturated carbocycles. The lowest BCUT2D eigenvalue weighted by molar-refractivity contribution is -0.149. The number of rotatable bonds is 7. The largest absolute Gasteiger partial charge is 0.480 e. The number of carboxylic acids is 1. The van der Waals surface area contributed by atoms with Gasteiger partial charge in [-0.2, -0.15) is 0 Å². The second kappa shape index (κ2) is 7.74. The van der Waals surface area contributed by atoms with Gasteiger partial charge in [0.15, 0.2) is 0 Å². The number of primary amides is 1. The third-order valence-electron chi connectivity index (χ3n) is 3.53. The number of carbonyl (C=O) groups is 4. The van der Waals surface area contributed by atoms with Crippen LogP contribution in [0.3, 0.4) is 0 Å². The van der Waals surface area contributed by atoms with Crippen molar-refractivity contribution >= 4 is 23.7 Å². The van der Waals surface area contributed by atoms with Crippen LogP contribution in [-0.4, -0.2) is 58.4 Å². The molecule has 9 heteroatoms. The van der Waals surface area contributed by atoms with Gasteiger partial charge in [-0.05, 0) is 26.2 Å². The zero-order valence-electron chi connectivity index (χ0n) is 12.4. The van der Waals surface area contributed by atoms with E-state index >= 15 is 0 Å². The number of carbonyl (C=O) groups excluding carboxylic acids is 3. The highest BCUT2D eigenvalue weighted by Crippen LogP contribution is 2.19. The number of nitrogens with zero attached hydrogens (tertiary/aromatic N) is 1. The quantitative estimate of drug-likeness (QED) is 0.432. The Balaban J connectivity index is 2.83. The number of nitrogens with two attached hydrogens (primary N) is 2. The summed E-state index contributed by atoms with van der Waals surface area (Å²) in [4.78, 5) is 47.5. The summed E-state index contributed by atoms with van der Waals surface area (Å²) in [6, 6.07) is -2.74. The molecule has 124 valence electrons. The molecule has 0 spiro atoms. The highest BCUT2D eigenvalue weighted by molar-refractivity contribution is 5.92. The van der Waals surface area contributed by atoms with Gasteiger partial charge in [-0.15, -0.1) is 0 Å². The van der Waals surface area contributed by atoms with E-state index in [0.717, 1.165) is 0 Å². The fourth-order valence-corrected chi connectivity index (χ4v) is 2.33. The van der Waals surface area contributed by atoms with Crippen LogP contribution < -0.4 is 16.8 Å². The number of likely N-dealkylation sites (tertiary alicyclic amines) is 1. The molecule has 0 aromatic carbocycles. The summed E-state index contributed by atoms with van der Waals surface area (Å²) in [5.74, 6) is -2.77. The highest BCUT2D eigenvalue weighted by atomic mass is 16.4. The van der Waals surface area contributed by atoms with Crippen LogP contribution in [0.5, 0.6) is 0 Å². The standard InChI is InChI=1S/C13H22N4O5/c1-7(14)11(19)16-8(4-5-10(15)18)12(20)17-6-2-3-9(17)13(21)22/h7-9H,2-6,14H2,1H3,(H2,15,18)(H,16,19)(H,21,22). The van der Waals surface area contributed by atoms with Crippen LogP contribution in [0.1, 0.15) is 32.6 Å². The number of amides is 3. The van der Waals surface area contributed by atoms with Gasteiger partial charge < -0.3 is 26.8 Å². The molecule has 9 nitrogen and oxygen atoms in total. The second-order valence-electron chi connectivity index (χ2n) is 5.38. The number of carboxylic acid groups (broad SMARTS) is 1. The van der Waals surface area contributed by atoms with Crippen molar-refractivity contribution < 1.29 is 24.3 Å². The van der Waals surface area contributed by atoms with E-state index < -0.39 is 41.8 Å². The molecule has 1 aliphatic heterocycles. The average molecular weight is 314 g/mol. The molecule has 1 rings (SSSR count). The molecule has 0 bridgehead atoms. The lowest BCUT2D eigenvalue weighted by Gasteiger charge is -2.27. The van der Waals surface area contributed by atoms with Gasteiger partial charge in [0, 0.05) is 13.0 Å². The Kier molecular flexibility index (Phi) is 6.29. The van der Waals surface area contributed by atoms with Gasteiger partial charge in [0.1, 0.15) is 12.1 Å². The predicted molar refractivity (Wildman–Crippen MR) is 76.4 cm³/mol. The number of hydrogen-bond donors (Lipinski definition) is 4. The van der Waals surface area contributed by atoms with E-state index in [4.69, 9.17) is 16.6 Å². The van der Waals surface area contributed by atoms with Gasteiger partial charge >= 0.3 is 5.97 Å². The summed E-state index contributed by atoms with van der Waals surface area (Å²) in [6.45, 7) is 1.76. The minimum Gasteiger partial charge on any atom is -0.480 e. The van der Waals surface area contributed by atoms with Crippen LogP contribution in [0.25, 0.3) is 0 Å². The molecule has 0 aromatic heterocycles. The van der Waals surface area contributed by atoms with Crippen molar-refractivity contribution in [2.24, 2.45) is 11.5 Å². The van der Waals surface area contributed by atoms with Gasteiger partial charge in [0.25, 0.3) is 0 Å². The fraction of sp³-hybridized carbons (Fsp3) is 0.692. The summed E-state index contributed by atoms with van der Waals surface area (Å²) in [5.41, 5.74) is 10.5. The Hall–Kier alpha value is -2.16. The minimum absolute atomic E-state index is 0.00939. The molecule has 1 saturated heterocycles. The first-order valence-corrected chi connectivity index (χ1v) is 7.11. The zero-order valence-corrected chi connectivity index (χ0v) is 12.4. The Labute approximate surface area is 128 Å². The molecule has 1 heterocycles. The number of hydrogen-bond acceptors (Lipinski definition) is 5. The SMILES string of the molecule is CC(N)C(=O)NC(CCC(N)=O)C(=O)N1CCCC1C(=O)O. The topological polar surface area (TPSA) is 156 Å². The maximum atomic E-state index is 12.5. The Morgan fingerprint density at radius 1 is 1.36 bits per heavy atom. The second-order valence-corrected chi connectivity index (χ2v) is 5.38. The molecular formula is C13H22N4O5. The molecule has 1 aliphatic rings. The van der Waals surface area contributed by atoms with Crippen LogP contribution in [0.4, 0.5) is 0 Å².